The van der Waals surface area contributed by atoms with Gasteiger partial charge in [0.05, 0.1) is 34.5 Å². The second-order valence-electron chi connectivity index (χ2n) is 9.11. The predicted molar refractivity (Wildman–Crippen MR) is 126 cm³/mol. The minimum atomic E-state index is -1.18. The van der Waals surface area contributed by atoms with Gasteiger partial charge in [-0.3, -0.25) is 4.79 Å². The number of benzene rings is 1. The molecule has 0 unspecified atom stereocenters. The molecule has 3 N–H and O–H groups in total. The Labute approximate surface area is 186 Å². The van der Waals surface area contributed by atoms with Crippen molar-refractivity contribution in [2.75, 3.05) is 17.7 Å². The van der Waals surface area contributed by atoms with E-state index in [0.29, 0.717) is 47.0 Å². The van der Waals surface area contributed by atoms with E-state index in [0.717, 1.165) is 6.04 Å². The number of amides is 1. The van der Waals surface area contributed by atoms with Crippen LogP contribution in [0.15, 0.2) is 36.9 Å². The number of carbonyl (C=O) groups excluding carboxylic acids is 1. The zero-order valence-corrected chi connectivity index (χ0v) is 19.6. The van der Waals surface area contributed by atoms with Gasteiger partial charge in [-0.2, -0.15) is 0 Å². The van der Waals surface area contributed by atoms with Crippen LogP contribution in [0.2, 0.25) is 25.7 Å². The Balaban J connectivity index is 1.57. The van der Waals surface area contributed by atoms with Crippen molar-refractivity contribution in [1.82, 2.24) is 18.9 Å². The number of carbonyl (C=O) groups is 1. The third-order valence-corrected chi connectivity index (χ3v) is 6.86. The largest absolute Gasteiger partial charge is 0.397 e. The monoisotopic (exact) mass is 454 g/mol. The lowest BCUT2D eigenvalue weighted by molar-refractivity contribution is 0.0899. The smallest absolute Gasteiger partial charge is 0.257 e. The van der Waals surface area contributed by atoms with Gasteiger partial charge in [0.25, 0.3) is 5.91 Å². The van der Waals surface area contributed by atoms with Gasteiger partial charge < -0.3 is 24.8 Å². The molecule has 0 atom stereocenters. The van der Waals surface area contributed by atoms with Crippen LogP contribution < -0.4 is 11.1 Å². The minimum absolute atomic E-state index is 0.211. The number of aromatic nitrogens is 4. The van der Waals surface area contributed by atoms with Gasteiger partial charge in [0.1, 0.15) is 12.2 Å². The molecule has 0 saturated carbocycles. The SMILES string of the molecule is Cc1cn2cc(NC(=O)c3ccc(N)c4c3ncn4COCC[Si](C)(C)C)cc(F)c2n1. The molecule has 10 heteroatoms. The molecule has 1 aromatic carbocycles. The number of fused-ring (bicyclic) bond motifs is 2. The minimum Gasteiger partial charge on any atom is -0.397 e. The summed E-state index contributed by atoms with van der Waals surface area (Å²) >= 11 is 0. The van der Waals surface area contributed by atoms with Crippen LogP contribution in [-0.4, -0.2) is 39.5 Å². The normalized spacial score (nSPS) is 12.0. The summed E-state index contributed by atoms with van der Waals surface area (Å²) in [6.45, 7) is 9.63. The summed E-state index contributed by atoms with van der Waals surface area (Å²) in [5, 5.41) is 2.75. The highest BCUT2D eigenvalue weighted by molar-refractivity contribution is 6.76. The van der Waals surface area contributed by atoms with Gasteiger partial charge in [-0.1, -0.05) is 19.6 Å². The fourth-order valence-electron chi connectivity index (χ4n) is 3.48. The topological polar surface area (TPSA) is 99.5 Å². The highest BCUT2D eigenvalue weighted by Gasteiger charge is 2.18. The number of rotatable bonds is 7. The molecule has 0 spiro atoms. The Morgan fingerprint density at radius 1 is 1.28 bits per heavy atom. The van der Waals surface area contributed by atoms with Crippen molar-refractivity contribution in [1.29, 1.82) is 0 Å². The van der Waals surface area contributed by atoms with E-state index in [1.807, 2.05) is 0 Å². The Bertz CT molecular complexity index is 1310. The van der Waals surface area contributed by atoms with Crippen LogP contribution >= 0.6 is 0 Å². The van der Waals surface area contributed by atoms with Gasteiger partial charge in [-0.15, -0.1) is 0 Å². The highest BCUT2D eigenvalue weighted by atomic mass is 28.3. The number of hydrogen-bond acceptors (Lipinski definition) is 5. The van der Waals surface area contributed by atoms with Gasteiger partial charge in [0.2, 0.25) is 0 Å². The number of nitrogens with zero attached hydrogens (tertiary/aromatic N) is 4. The van der Waals surface area contributed by atoms with Crippen molar-refractivity contribution >= 4 is 42.0 Å². The summed E-state index contributed by atoms with van der Waals surface area (Å²) in [4.78, 5) is 21.5. The van der Waals surface area contributed by atoms with Gasteiger partial charge >= 0.3 is 0 Å². The number of anilines is 2. The molecule has 8 nitrogen and oxygen atoms in total. The van der Waals surface area contributed by atoms with E-state index in [9.17, 15) is 9.18 Å². The number of imidazole rings is 2. The average molecular weight is 455 g/mol. The average Bonchev–Trinajstić information content (AvgIpc) is 3.29. The number of nitrogens with two attached hydrogens (primary N) is 1. The molecule has 3 aromatic heterocycles. The van der Waals surface area contributed by atoms with E-state index in [-0.39, 0.29) is 5.65 Å². The molecular formula is C22H27FN6O2Si. The van der Waals surface area contributed by atoms with Crippen molar-refractivity contribution in [3.8, 4) is 0 Å². The second kappa shape index (κ2) is 8.36. The van der Waals surface area contributed by atoms with Crippen molar-refractivity contribution in [3.05, 3.63) is 54.0 Å². The molecule has 0 aliphatic rings. The van der Waals surface area contributed by atoms with Crippen molar-refractivity contribution < 1.29 is 13.9 Å². The Kier molecular flexibility index (Phi) is 5.74. The van der Waals surface area contributed by atoms with E-state index >= 15 is 0 Å². The molecule has 0 fully saturated rings. The van der Waals surface area contributed by atoms with E-state index < -0.39 is 19.8 Å². The zero-order chi connectivity index (χ0) is 23.0. The Morgan fingerprint density at radius 3 is 2.81 bits per heavy atom. The number of nitrogens with one attached hydrogen (secondary N) is 1. The molecule has 4 rings (SSSR count). The van der Waals surface area contributed by atoms with Crippen molar-refractivity contribution in [2.24, 2.45) is 0 Å². The third kappa shape index (κ3) is 4.51. The van der Waals surface area contributed by atoms with Crippen LogP contribution in [0.1, 0.15) is 16.1 Å². The number of halogens is 1. The quantitative estimate of drug-likeness (QED) is 0.247. The molecule has 3 heterocycles. The van der Waals surface area contributed by atoms with Crippen LogP contribution in [-0.2, 0) is 11.5 Å². The van der Waals surface area contributed by atoms with Gasteiger partial charge in [0, 0.05) is 33.1 Å². The van der Waals surface area contributed by atoms with E-state index in [2.05, 4.69) is 34.9 Å². The van der Waals surface area contributed by atoms with E-state index in [1.54, 1.807) is 46.7 Å². The summed E-state index contributed by atoms with van der Waals surface area (Å²) in [5.41, 5.74) is 9.35. The number of aryl methyl sites for hydroxylation is 1. The molecule has 0 saturated heterocycles. The van der Waals surface area contributed by atoms with Crippen LogP contribution in [0.3, 0.4) is 0 Å². The van der Waals surface area contributed by atoms with Gasteiger partial charge in [-0.05, 0) is 25.1 Å². The highest BCUT2D eigenvalue weighted by Crippen LogP contribution is 2.25. The number of nitrogen functional groups attached to an aromatic ring is 1. The first-order chi connectivity index (χ1) is 15.1. The van der Waals surface area contributed by atoms with E-state index in [4.69, 9.17) is 10.5 Å². The summed E-state index contributed by atoms with van der Waals surface area (Å²) in [5.74, 6) is -0.923. The first-order valence-electron chi connectivity index (χ1n) is 10.4. The fourth-order valence-corrected chi connectivity index (χ4v) is 4.24. The Morgan fingerprint density at radius 2 is 2.06 bits per heavy atom. The second-order valence-corrected chi connectivity index (χ2v) is 14.7. The molecule has 0 aliphatic heterocycles. The number of pyridine rings is 1. The molecule has 4 aromatic rings. The molecular weight excluding hydrogens is 427 g/mol. The zero-order valence-electron chi connectivity index (χ0n) is 18.6. The van der Waals surface area contributed by atoms with Gasteiger partial charge in [0.15, 0.2) is 11.5 Å². The van der Waals surface area contributed by atoms with Crippen LogP contribution in [0, 0.1) is 12.7 Å². The summed E-state index contributed by atoms with van der Waals surface area (Å²) in [6.07, 6.45) is 4.93. The molecule has 168 valence electrons. The predicted octanol–water partition coefficient (Wildman–Crippen LogP) is 4.28. The first kappa shape index (κ1) is 22.0. The lowest BCUT2D eigenvalue weighted by Crippen LogP contribution is -2.22. The van der Waals surface area contributed by atoms with Crippen LogP contribution in [0.5, 0.6) is 0 Å². The summed E-state index contributed by atoms with van der Waals surface area (Å²) in [6, 6.07) is 5.59. The summed E-state index contributed by atoms with van der Waals surface area (Å²) < 4.78 is 23.5. The lowest BCUT2D eigenvalue weighted by Gasteiger charge is -2.16. The maximum absolute atomic E-state index is 14.4. The van der Waals surface area contributed by atoms with Crippen molar-refractivity contribution in [3.63, 3.8) is 0 Å². The first-order valence-corrected chi connectivity index (χ1v) is 14.1. The number of ether oxygens (including phenoxy) is 1. The standard InChI is InChI=1S/C22H27FN6O2Si/c1-14-10-28-11-15(9-17(23)21(28)26-14)27-22(30)16-5-6-18(24)20-19(16)25-12-29(20)13-31-7-8-32(2,3)4/h5-6,9-12H,7-8,13,24H2,1-4H3,(H,27,30). The molecule has 0 radical (unpaired) electrons. The number of hydrogen-bond donors (Lipinski definition) is 2. The Hall–Kier alpha value is -3.24. The van der Waals surface area contributed by atoms with Crippen molar-refractivity contribution in [2.45, 2.75) is 39.3 Å². The summed E-state index contributed by atoms with van der Waals surface area (Å²) in [7, 11) is -1.18. The molecule has 32 heavy (non-hydrogen) atoms. The van der Waals surface area contributed by atoms with Gasteiger partial charge in [-0.25, -0.2) is 14.4 Å². The molecule has 1 amide bonds. The molecule has 0 aliphatic carbocycles. The fraction of sp³-hybridized carbons (Fsp3) is 0.318. The third-order valence-electron chi connectivity index (χ3n) is 5.15. The maximum atomic E-state index is 14.4. The lowest BCUT2D eigenvalue weighted by atomic mass is 10.1. The maximum Gasteiger partial charge on any atom is 0.257 e. The van der Waals surface area contributed by atoms with Crippen LogP contribution in [0.4, 0.5) is 15.8 Å². The van der Waals surface area contributed by atoms with E-state index in [1.165, 1.54) is 6.07 Å². The molecule has 0 bridgehead atoms. The van der Waals surface area contributed by atoms with Crippen LogP contribution in [0.25, 0.3) is 16.7 Å².